The SMILES string of the molecule is CC(C)c1cccc(N2CC(C(=O)Nc3nc(N4CCCCC4)n[nH]3)CC2=O)c1. The van der Waals surface area contributed by atoms with Crippen molar-refractivity contribution in [2.45, 2.75) is 45.4 Å². The van der Waals surface area contributed by atoms with Gasteiger partial charge in [-0.25, -0.2) is 5.10 Å². The molecule has 0 radical (unpaired) electrons. The van der Waals surface area contributed by atoms with Crippen molar-refractivity contribution in [2.24, 2.45) is 5.92 Å². The van der Waals surface area contributed by atoms with Gasteiger partial charge >= 0.3 is 0 Å². The second-order valence-electron chi connectivity index (χ2n) is 8.18. The van der Waals surface area contributed by atoms with Gasteiger partial charge in [-0.2, -0.15) is 4.98 Å². The Hall–Kier alpha value is -2.90. The summed E-state index contributed by atoms with van der Waals surface area (Å²) in [6.07, 6.45) is 3.70. The van der Waals surface area contributed by atoms with E-state index in [2.05, 4.69) is 45.3 Å². The highest BCUT2D eigenvalue weighted by Crippen LogP contribution is 2.28. The van der Waals surface area contributed by atoms with Crippen LogP contribution in [0.2, 0.25) is 0 Å². The number of aromatic amines is 1. The van der Waals surface area contributed by atoms with Gasteiger partial charge in [0, 0.05) is 31.7 Å². The molecule has 1 aromatic heterocycles. The number of rotatable bonds is 5. The van der Waals surface area contributed by atoms with E-state index >= 15 is 0 Å². The Morgan fingerprint density at radius 3 is 2.79 bits per heavy atom. The molecule has 8 nitrogen and oxygen atoms in total. The molecule has 2 saturated heterocycles. The molecule has 2 aliphatic rings. The topological polar surface area (TPSA) is 94.2 Å². The van der Waals surface area contributed by atoms with E-state index < -0.39 is 5.92 Å². The zero-order valence-electron chi connectivity index (χ0n) is 17.0. The molecule has 4 rings (SSSR count). The largest absolute Gasteiger partial charge is 0.340 e. The number of hydrogen-bond acceptors (Lipinski definition) is 5. The Morgan fingerprint density at radius 1 is 1.24 bits per heavy atom. The molecule has 2 N–H and O–H groups in total. The van der Waals surface area contributed by atoms with Crippen LogP contribution in [0.1, 0.15) is 51.0 Å². The van der Waals surface area contributed by atoms with E-state index in [4.69, 9.17) is 0 Å². The fourth-order valence-electron chi connectivity index (χ4n) is 3.95. The fraction of sp³-hybridized carbons (Fsp3) is 0.524. The third kappa shape index (κ3) is 4.26. The third-order valence-electron chi connectivity index (χ3n) is 5.70. The van der Waals surface area contributed by atoms with E-state index in [-0.39, 0.29) is 18.2 Å². The summed E-state index contributed by atoms with van der Waals surface area (Å²) in [5.41, 5.74) is 2.03. The van der Waals surface area contributed by atoms with Crippen molar-refractivity contribution >= 4 is 29.4 Å². The summed E-state index contributed by atoms with van der Waals surface area (Å²) in [5.74, 6) is 0.693. The van der Waals surface area contributed by atoms with Crippen LogP contribution in [0.15, 0.2) is 24.3 Å². The number of benzene rings is 1. The van der Waals surface area contributed by atoms with Crippen molar-refractivity contribution in [1.82, 2.24) is 15.2 Å². The molecule has 1 aromatic carbocycles. The number of piperidine rings is 1. The molecule has 8 heteroatoms. The van der Waals surface area contributed by atoms with Gasteiger partial charge in [-0.3, -0.25) is 14.9 Å². The number of carbonyl (C=O) groups excluding carboxylic acids is 2. The molecular weight excluding hydrogens is 368 g/mol. The Kier molecular flexibility index (Phi) is 5.51. The highest BCUT2D eigenvalue weighted by atomic mass is 16.2. The highest BCUT2D eigenvalue weighted by molar-refractivity contribution is 6.03. The van der Waals surface area contributed by atoms with Gasteiger partial charge in [-0.05, 0) is 42.9 Å². The predicted octanol–water partition coefficient (Wildman–Crippen LogP) is 2.91. The van der Waals surface area contributed by atoms with Crippen LogP contribution in [0.25, 0.3) is 0 Å². The second kappa shape index (κ2) is 8.23. The summed E-state index contributed by atoms with van der Waals surface area (Å²) in [7, 11) is 0. The van der Waals surface area contributed by atoms with Crippen molar-refractivity contribution in [1.29, 1.82) is 0 Å². The molecule has 0 bridgehead atoms. The minimum atomic E-state index is -0.409. The number of hydrogen-bond donors (Lipinski definition) is 2. The first kappa shape index (κ1) is 19.4. The molecule has 0 spiro atoms. The lowest BCUT2D eigenvalue weighted by molar-refractivity contribution is -0.122. The lowest BCUT2D eigenvalue weighted by Crippen LogP contribution is -2.30. The van der Waals surface area contributed by atoms with E-state index in [1.165, 1.54) is 12.0 Å². The number of H-pyrrole nitrogens is 1. The van der Waals surface area contributed by atoms with Crippen LogP contribution in [0.5, 0.6) is 0 Å². The second-order valence-corrected chi connectivity index (χ2v) is 8.18. The summed E-state index contributed by atoms with van der Waals surface area (Å²) in [6.45, 7) is 6.49. The van der Waals surface area contributed by atoms with Crippen molar-refractivity contribution in [3.8, 4) is 0 Å². The van der Waals surface area contributed by atoms with E-state index in [1.807, 2.05) is 18.2 Å². The van der Waals surface area contributed by atoms with Crippen LogP contribution in [0, 0.1) is 5.92 Å². The summed E-state index contributed by atoms with van der Waals surface area (Å²) in [4.78, 5) is 33.5. The maximum atomic E-state index is 12.7. The molecule has 2 fully saturated rings. The van der Waals surface area contributed by atoms with Gasteiger partial charge in [-0.15, -0.1) is 5.10 Å². The van der Waals surface area contributed by atoms with Gasteiger partial charge in [0.15, 0.2) is 0 Å². The van der Waals surface area contributed by atoms with E-state index in [0.29, 0.717) is 24.4 Å². The standard InChI is InChI=1S/C21H28N6O2/c1-14(2)15-7-6-8-17(11-15)27-13-16(12-18(27)28)19(29)22-20-23-21(25-24-20)26-9-4-3-5-10-26/h6-8,11,14,16H,3-5,9-10,12-13H2,1-2H3,(H2,22,23,24,25,29). The van der Waals surface area contributed by atoms with Crippen molar-refractivity contribution in [3.05, 3.63) is 29.8 Å². The molecular formula is C21H28N6O2. The van der Waals surface area contributed by atoms with Gasteiger partial charge in [-0.1, -0.05) is 26.0 Å². The first-order chi connectivity index (χ1) is 14.0. The zero-order chi connectivity index (χ0) is 20.4. The molecule has 0 saturated carbocycles. The number of anilines is 3. The van der Waals surface area contributed by atoms with Gasteiger partial charge in [0.1, 0.15) is 0 Å². The van der Waals surface area contributed by atoms with Crippen molar-refractivity contribution < 1.29 is 9.59 Å². The first-order valence-electron chi connectivity index (χ1n) is 10.4. The van der Waals surface area contributed by atoms with Gasteiger partial charge in [0.2, 0.25) is 23.7 Å². The fourth-order valence-corrected chi connectivity index (χ4v) is 3.95. The normalized spacial score (nSPS) is 19.8. The Morgan fingerprint density at radius 2 is 2.03 bits per heavy atom. The molecule has 2 aromatic rings. The summed E-state index contributed by atoms with van der Waals surface area (Å²) in [5, 5.41) is 9.81. The highest BCUT2D eigenvalue weighted by Gasteiger charge is 2.35. The minimum absolute atomic E-state index is 0.0300. The van der Waals surface area contributed by atoms with Crippen LogP contribution >= 0.6 is 0 Å². The molecule has 29 heavy (non-hydrogen) atoms. The summed E-state index contributed by atoms with van der Waals surface area (Å²) in [6, 6.07) is 7.97. The van der Waals surface area contributed by atoms with Crippen LogP contribution < -0.4 is 15.1 Å². The predicted molar refractivity (Wildman–Crippen MR) is 112 cm³/mol. The van der Waals surface area contributed by atoms with Gasteiger partial charge in [0.25, 0.3) is 0 Å². The molecule has 2 aliphatic heterocycles. The van der Waals surface area contributed by atoms with E-state index in [9.17, 15) is 9.59 Å². The van der Waals surface area contributed by atoms with Gasteiger partial charge in [0.05, 0.1) is 5.92 Å². The number of amides is 2. The van der Waals surface area contributed by atoms with E-state index in [0.717, 1.165) is 31.6 Å². The summed E-state index contributed by atoms with van der Waals surface area (Å²) < 4.78 is 0. The molecule has 0 aliphatic carbocycles. The monoisotopic (exact) mass is 396 g/mol. The quantitative estimate of drug-likeness (QED) is 0.810. The van der Waals surface area contributed by atoms with Crippen LogP contribution in [-0.4, -0.2) is 46.6 Å². The number of nitrogens with zero attached hydrogens (tertiary/aromatic N) is 4. The number of carbonyl (C=O) groups is 2. The zero-order valence-corrected chi connectivity index (χ0v) is 17.0. The lowest BCUT2D eigenvalue weighted by Gasteiger charge is -2.24. The minimum Gasteiger partial charge on any atom is -0.340 e. The third-order valence-corrected chi connectivity index (χ3v) is 5.70. The van der Waals surface area contributed by atoms with Gasteiger partial charge < -0.3 is 9.80 Å². The molecule has 2 amide bonds. The van der Waals surface area contributed by atoms with Crippen LogP contribution in [0.3, 0.4) is 0 Å². The Balaban J connectivity index is 1.39. The van der Waals surface area contributed by atoms with Crippen LogP contribution in [-0.2, 0) is 9.59 Å². The molecule has 1 atom stereocenters. The smallest absolute Gasteiger partial charge is 0.246 e. The summed E-state index contributed by atoms with van der Waals surface area (Å²) >= 11 is 0. The number of nitrogens with one attached hydrogen (secondary N) is 2. The van der Waals surface area contributed by atoms with E-state index in [1.54, 1.807) is 4.90 Å². The first-order valence-corrected chi connectivity index (χ1v) is 10.4. The average Bonchev–Trinajstić information content (AvgIpc) is 3.35. The van der Waals surface area contributed by atoms with Crippen LogP contribution in [0.4, 0.5) is 17.6 Å². The Bertz CT molecular complexity index is 887. The maximum Gasteiger partial charge on any atom is 0.246 e. The molecule has 154 valence electrons. The molecule has 1 unspecified atom stereocenters. The van der Waals surface area contributed by atoms with Crippen molar-refractivity contribution in [2.75, 3.05) is 34.8 Å². The lowest BCUT2D eigenvalue weighted by atomic mass is 10.0. The number of aromatic nitrogens is 3. The average molecular weight is 396 g/mol. The molecule has 3 heterocycles. The maximum absolute atomic E-state index is 12.7. The Labute approximate surface area is 170 Å². The van der Waals surface area contributed by atoms with Crippen molar-refractivity contribution in [3.63, 3.8) is 0 Å².